The van der Waals surface area contributed by atoms with Crippen LogP contribution in [0.1, 0.15) is 0 Å². The van der Waals surface area contributed by atoms with E-state index in [9.17, 15) is 12.8 Å². The first-order chi connectivity index (χ1) is 12.9. The lowest BCUT2D eigenvalue weighted by molar-refractivity contribution is 0.355. The van der Waals surface area contributed by atoms with Crippen LogP contribution in [0.4, 0.5) is 10.1 Å². The zero-order valence-electron chi connectivity index (χ0n) is 14.1. The van der Waals surface area contributed by atoms with Gasteiger partial charge in [0, 0.05) is 6.07 Å². The summed E-state index contributed by atoms with van der Waals surface area (Å²) in [6.45, 7) is 0. The van der Waals surface area contributed by atoms with Crippen molar-refractivity contribution in [2.75, 3.05) is 18.9 Å². The summed E-state index contributed by atoms with van der Waals surface area (Å²) in [7, 11) is -1.26. The van der Waals surface area contributed by atoms with Crippen LogP contribution < -0.4 is 14.2 Å². The maximum Gasteiger partial charge on any atom is 0.261 e. The van der Waals surface area contributed by atoms with Crippen LogP contribution in [0.3, 0.4) is 0 Å². The van der Waals surface area contributed by atoms with E-state index < -0.39 is 15.8 Å². The van der Waals surface area contributed by atoms with E-state index in [1.807, 2.05) is 0 Å². The first kappa shape index (κ1) is 18.9. The molecule has 0 aliphatic heterocycles. The lowest BCUT2D eigenvalue weighted by Crippen LogP contribution is -2.14. The van der Waals surface area contributed by atoms with Gasteiger partial charge in [-0.15, -0.1) is 0 Å². The Balaban J connectivity index is 2.11. The lowest BCUT2D eigenvalue weighted by atomic mass is 10.1. The van der Waals surface area contributed by atoms with E-state index in [4.69, 9.17) is 25.6 Å². The molecule has 1 aromatic heterocycles. The summed E-state index contributed by atoms with van der Waals surface area (Å²) >= 11 is 5.69. The number of hydrogen-bond donors (Lipinski definition) is 1. The predicted molar refractivity (Wildman–Crippen MR) is 95.1 cm³/mol. The van der Waals surface area contributed by atoms with Crippen molar-refractivity contribution in [1.82, 2.24) is 10.1 Å². The molecule has 11 heteroatoms. The van der Waals surface area contributed by atoms with E-state index in [0.29, 0.717) is 5.75 Å². The van der Waals surface area contributed by atoms with E-state index in [0.717, 1.165) is 18.2 Å². The number of hydrogen-bond acceptors (Lipinski definition) is 7. The monoisotopic (exact) mass is 413 g/mol. The van der Waals surface area contributed by atoms with Crippen molar-refractivity contribution < 1.29 is 26.8 Å². The Hall–Kier alpha value is -2.85. The summed E-state index contributed by atoms with van der Waals surface area (Å²) in [6, 6.07) is 5.95. The molecule has 3 rings (SSSR count). The minimum atomic E-state index is -4.10. The highest BCUT2D eigenvalue weighted by molar-refractivity contribution is 7.92. The highest BCUT2D eigenvalue weighted by Gasteiger charge is 2.22. The minimum absolute atomic E-state index is 0.0609. The Bertz CT molecular complexity index is 1070. The fraction of sp³-hybridized carbons (Fsp3) is 0.125. The molecular formula is C16H13ClFN3O5S. The van der Waals surface area contributed by atoms with Crippen molar-refractivity contribution in [1.29, 1.82) is 0 Å². The minimum Gasteiger partial charge on any atom is -0.493 e. The largest absolute Gasteiger partial charge is 0.493 e. The molecule has 0 radical (unpaired) electrons. The number of sulfonamides is 1. The maximum absolute atomic E-state index is 13.3. The van der Waals surface area contributed by atoms with Crippen molar-refractivity contribution in [3.8, 4) is 23.0 Å². The molecule has 3 aromatic rings. The smallest absolute Gasteiger partial charge is 0.261 e. The maximum atomic E-state index is 13.3. The Morgan fingerprint density at radius 3 is 2.44 bits per heavy atom. The van der Waals surface area contributed by atoms with Gasteiger partial charge in [0.05, 0.1) is 35.4 Å². The second-order valence-corrected chi connectivity index (χ2v) is 7.27. The molecule has 0 amide bonds. The van der Waals surface area contributed by atoms with Gasteiger partial charge in [-0.25, -0.2) is 12.8 Å². The average molecular weight is 414 g/mol. The van der Waals surface area contributed by atoms with E-state index in [-0.39, 0.29) is 32.8 Å². The van der Waals surface area contributed by atoms with Crippen molar-refractivity contribution in [2.45, 2.75) is 4.90 Å². The van der Waals surface area contributed by atoms with Gasteiger partial charge < -0.3 is 14.0 Å². The lowest BCUT2D eigenvalue weighted by Gasteiger charge is -2.15. The molecule has 0 bridgehead atoms. The van der Waals surface area contributed by atoms with Gasteiger partial charge in [0.2, 0.25) is 0 Å². The van der Waals surface area contributed by atoms with Gasteiger partial charge in [-0.3, -0.25) is 4.72 Å². The van der Waals surface area contributed by atoms with E-state index in [2.05, 4.69) is 14.9 Å². The van der Waals surface area contributed by atoms with Crippen LogP contribution in [-0.4, -0.2) is 32.8 Å². The van der Waals surface area contributed by atoms with Crippen LogP contribution >= 0.6 is 11.6 Å². The van der Waals surface area contributed by atoms with E-state index >= 15 is 0 Å². The second-order valence-electron chi connectivity index (χ2n) is 5.18. The normalized spacial score (nSPS) is 11.3. The van der Waals surface area contributed by atoms with Crippen LogP contribution in [0, 0.1) is 5.82 Å². The Morgan fingerprint density at radius 1 is 1.15 bits per heavy atom. The molecule has 0 fully saturated rings. The van der Waals surface area contributed by atoms with Gasteiger partial charge >= 0.3 is 0 Å². The Labute approximate surface area is 158 Å². The molecule has 0 unspecified atom stereocenters. The third-order valence-electron chi connectivity index (χ3n) is 3.56. The summed E-state index contributed by atoms with van der Waals surface area (Å²) in [6.07, 6.45) is 1.17. The second kappa shape index (κ2) is 7.41. The third kappa shape index (κ3) is 3.81. The number of methoxy groups -OCH3 is 2. The van der Waals surface area contributed by atoms with Gasteiger partial charge in [0.1, 0.15) is 5.82 Å². The van der Waals surface area contributed by atoms with Gasteiger partial charge in [-0.2, -0.15) is 4.98 Å². The molecule has 0 aliphatic carbocycles. The Kier molecular flexibility index (Phi) is 5.19. The molecule has 1 N–H and O–H groups in total. The molecule has 8 nitrogen and oxygen atoms in total. The van der Waals surface area contributed by atoms with Gasteiger partial charge in [-0.1, -0.05) is 16.8 Å². The predicted octanol–water partition coefficient (Wildman–Crippen LogP) is 3.35. The van der Waals surface area contributed by atoms with Gasteiger partial charge in [0.25, 0.3) is 15.9 Å². The zero-order chi connectivity index (χ0) is 19.6. The van der Waals surface area contributed by atoms with Crippen molar-refractivity contribution >= 4 is 27.3 Å². The number of aromatic nitrogens is 2. The number of nitrogens with zero attached hydrogens (tertiary/aromatic N) is 2. The van der Waals surface area contributed by atoms with Crippen LogP contribution in [0.15, 0.2) is 46.1 Å². The van der Waals surface area contributed by atoms with E-state index in [1.165, 1.54) is 32.7 Å². The average Bonchev–Trinajstić information content (AvgIpc) is 3.17. The topological polar surface area (TPSA) is 104 Å². The SMILES string of the molecule is COc1cc(NS(=O)(=O)c2ccc(F)c(Cl)c2)c(-c2ncno2)cc1OC. The highest BCUT2D eigenvalue weighted by atomic mass is 35.5. The molecule has 0 saturated carbocycles. The van der Waals surface area contributed by atoms with Crippen LogP contribution in [0.25, 0.3) is 11.5 Å². The molecule has 27 heavy (non-hydrogen) atoms. The standard InChI is InChI=1S/C16H13ClFN3O5S/c1-24-14-6-10(16-19-8-20-26-16)13(7-15(14)25-2)21-27(22,23)9-3-4-12(18)11(17)5-9/h3-8,21H,1-2H3. The van der Waals surface area contributed by atoms with Gasteiger partial charge in [-0.05, 0) is 24.3 Å². The summed E-state index contributed by atoms with van der Waals surface area (Å²) in [5.74, 6) is -0.0619. The van der Waals surface area contributed by atoms with Crippen molar-refractivity contribution in [2.24, 2.45) is 0 Å². The molecule has 0 spiro atoms. The number of benzene rings is 2. The number of ether oxygens (including phenoxy) is 2. The molecule has 0 aliphatic rings. The van der Waals surface area contributed by atoms with Crippen LogP contribution in [0.5, 0.6) is 11.5 Å². The summed E-state index contributed by atoms with van der Waals surface area (Å²) in [5, 5.41) is 3.20. The molecular weight excluding hydrogens is 401 g/mol. The number of nitrogens with one attached hydrogen (secondary N) is 1. The summed E-state index contributed by atoms with van der Waals surface area (Å²) < 4.78 is 56.6. The molecule has 2 aromatic carbocycles. The van der Waals surface area contributed by atoms with Crippen LogP contribution in [0.2, 0.25) is 5.02 Å². The van der Waals surface area contributed by atoms with Crippen LogP contribution in [-0.2, 0) is 10.0 Å². The fourth-order valence-corrected chi connectivity index (χ4v) is 3.62. The Morgan fingerprint density at radius 2 is 1.85 bits per heavy atom. The van der Waals surface area contributed by atoms with Crippen molar-refractivity contribution in [3.05, 3.63) is 47.5 Å². The summed E-state index contributed by atoms with van der Waals surface area (Å²) in [4.78, 5) is 3.70. The molecule has 0 atom stereocenters. The molecule has 1 heterocycles. The van der Waals surface area contributed by atoms with Gasteiger partial charge in [0.15, 0.2) is 17.8 Å². The first-order valence-electron chi connectivity index (χ1n) is 7.36. The van der Waals surface area contributed by atoms with E-state index in [1.54, 1.807) is 0 Å². The highest BCUT2D eigenvalue weighted by Crippen LogP contribution is 2.39. The fourth-order valence-electron chi connectivity index (χ4n) is 2.28. The number of anilines is 1. The number of rotatable bonds is 6. The first-order valence-corrected chi connectivity index (χ1v) is 9.22. The van der Waals surface area contributed by atoms with Crippen molar-refractivity contribution in [3.63, 3.8) is 0 Å². The quantitative estimate of drug-likeness (QED) is 0.660. The zero-order valence-corrected chi connectivity index (χ0v) is 15.6. The summed E-state index contributed by atoms with van der Waals surface area (Å²) in [5.41, 5.74) is 0.360. The molecule has 142 valence electrons. The molecule has 0 saturated heterocycles. The third-order valence-corrected chi connectivity index (χ3v) is 5.21. The number of halogens is 2.